The highest BCUT2D eigenvalue weighted by Gasteiger charge is 2.17. The van der Waals surface area contributed by atoms with E-state index in [2.05, 4.69) is 51.7 Å². The largest absolute Gasteiger partial charge is 0.381 e. The first kappa shape index (κ1) is 17.8. The minimum Gasteiger partial charge on any atom is -0.381 e. The first-order valence-corrected chi connectivity index (χ1v) is 8.63. The average molecular weight is 318 g/mol. The Morgan fingerprint density at radius 1 is 1.22 bits per heavy atom. The van der Waals surface area contributed by atoms with Gasteiger partial charge in [0.2, 0.25) is 0 Å². The van der Waals surface area contributed by atoms with E-state index in [-0.39, 0.29) is 0 Å². The zero-order chi connectivity index (χ0) is 16.3. The van der Waals surface area contributed by atoms with Gasteiger partial charge in [-0.25, -0.2) is 4.99 Å². The molecular weight excluding hydrogens is 288 g/mol. The zero-order valence-electron chi connectivity index (χ0n) is 14.4. The zero-order valence-corrected chi connectivity index (χ0v) is 14.4. The number of benzene rings is 1. The molecule has 2 rings (SSSR count). The second kappa shape index (κ2) is 10.2. The monoisotopic (exact) mass is 318 g/mol. The Labute approximate surface area is 140 Å². The van der Waals surface area contributed by atoms with E-state index in [9.17, 15) is 0 Å². The van der Waals surface area contributed by atoms with Crippen LogP contribution in [-0.2, 0) is 11.3 Å². The van der Waals surface area contributed by atoms with Gasteiger partial charge in [0.1, 0.15) is 0 Å². The van der Waals surface area contributed by atoms with Gasteiger partial charge in [0.25, 0.3) is 0 Å². The van der Waals surface area contributed by atoms with Crippen LogP contribution < -0.4 is 10.6 Å². The normalized spacial score (nSPS) is 17.2. The van der Waals surface area contributed by atoms with Gasteiger partial charge in [-0.1, -0.05) is 30.3 Å². The van der Waals surface area contributed by atoms with E-state index in [0.717, 1.165) is 51.5 Å². The number of piperidine rings is 1. The molecule has 1 fully saturated rings. The van der Waals surface area contributed by atoms with Crippen LogP contribution in [0.3, 0.4) is 0 Å². The van der Waals surface area contributed by atoms with Gasteiger partial charge < -0.3 is 20.3 Å². The highest BCUT2D eigenvalue weighted by molar-refractivity contribution is 5.79. The van der Waals surface area contributed by atoms with Gasteiger partial charge in [0.05, 0.1) is 12.6 Å². The SMILES string of the molecule is CCNC(=NCc1ccccc1)NCCN1CCC(OC)CC1. The van der Waals surface area contributed by atoms with E-state index in [1.54, 1.807) is 0 Å². The summed E-state index contributed by atoms with van der Waals surface area (Å²) in [6.45, 7) is 7.88. The Bertz CT molecular complexity index is 455. The number of aliphatic imine (C=N–C) groups is 1. The van der Waals surface area contributed by atoms with Crippen molar-refractivity contribution in [3.63, 3.8) is 0 Å². The third-order valence-electron chi connectivity index (χ3n) is 4.20. The Morgan fingerprint density at radius 3 is 2.61 bits per heavy atom. The molecule has 128 valence electrons. The van der Waals surface area contributed by atoms with E-state index < -0.39 is 0 Å². The number of hydrogen-bond donors (Lipinski definition) is 2. The minimum atomic E-state index is 0.448. The standard InChI is InChI=1S/C18H30N4O/c1-3-19-18(21-15-16-7-5-4-6-8-16)20-11-14-22-12-9-17(23-2)10-13-22/h4-8,17H,3,9-15H2,1-2H3,(H2,19,20,21). The molecule has 1 aliphatic rings. The van der Waals surface area contributed by atoms with Crippen LogP contribution in [0.1, 0.15) is 25.3 Å². The van der Waals surface area contributed by atoms with Crippen LogP contribution in [-0.4, -0.2) is 56.8 Å². The second-order valence-electron chi connectivity index (χ2n) is 5.88. The molecule has 0 saturated carbocycles. The highest BCUT2D eigenvalue weighted by Crippen LogP contribution is 2.11. The maximum absolute atomic E-state index is 5.42. The number of guanidine groups is 1. The van der Waals surface area contributed by atoms with Crippen molar-refractivity contribution in [3.8, 4) is 0 Å². The van der Waals surface area contributed by atoms with E-state index in [1.165, 1.54) is 5.56 Å². The summed E-state index contributed by atoms with van der Waals surface area (Å²) in [5, 5.41) is 6.74. The lowest BCUT2D eigenvalue weighted by Gasteiger charge is -2.31. The summed E-state index contributed by atoms with van der Waals surface area (Å²) in [5.74, 6) is 0.892. The van der Waals surface area contributed by atoms with Gasteiger partial charge in [0.15, 0.2) is 5.96 Å². The van der Waals surface area contributed by atoms with Crippen LogP contribution in [0.25, 0.3) is 0 Å². The number of methoxy groups -OCH3 is 1. The molecule has 2 N–H and O–H groups in total. The maximum Gasteiger partial charge on any atom is 0.191 e. The molecule has 1 aromatic rings. The number of ether oxygens (including phenoxy) is 1. The van der Waals surface area contributed by atoms with Crippen LogP contribution in [0.15, 0.2) is 35.3 Å². The average Bonchev–Trinajstić information content (AvgIpc) is 2.61. The Morgan fingerprint density at radius 2 is 1.96 bits per heavy atom. The molecule has 0 aromatic heterocycles. The molecule has 0 radical (unpaired) electrons. The Hall–Kier alpha value is -1.59. The summed E-state index contributed by atoms with van der Waals surface area (Å²) < 4.78 is 5.42. The van der Waals surface area contributed by atoms with Crippen molar-refractivity contribution in [2.75, 3.05) is 39.8 Å². The Balaban J connectivity index is 1.72. The minimum absolute atomic E-state index is 0.448. The van der Waals surface area contributed by atoms with E-state index in [0.29, 0.717) is 12.6 Å². The number of nitrogens with one attached hydrogen (secondary N) is 2. The number of likely N-dealkylation sites (tertiary alicyclic amines) is 1. The van der Waals surface area contributed by atoms with Gasteiger partial charge in [0, 0.05) is 39.8 Å². The molecule has 0 atom stereocenters. The molecule has 23 heavy (non-hydrogen) atoms. The summed E-state index contributed by atoms with van der Waals surface area (Å²) in [5.41, 5.74) is 1.23. The smallest absolute Gasteiger partial charge is 0.191 e. The highest BCUT2D eigenvalue weighted by atomic mass is 16.5. The summed E-state index contributed by atoms with van der Waals surface area (Å²) in [4.78, 5) is 7.14. The molecule has 0 spiro atoms. The first-order valence-electron chi connectivity index (χ1n) is 8.63. The molecule has 1 saturated heterocycles. The second-order valence-corrected chi connectivity index (χ2v) is 5.88. The molecule has 5 nitrogen and oxygen atoms in total. The van der Waals surface area contributed by atoms with E-state index in [1.807, 2.05) is 13.2 Å². The van der Waals surface area contributed by atoms with Crippen molar-refractivity contribution in [2.45, 2.75) is 32.4 Å². The third-order valence-corrected chi connectivity index (χ3v) is 4.20. The van der Waals surface area contributed by atoms with Gasteiger partial charge in [-0.05, 0) is 25.3 Å². The summed E-state index contributed by atoms with van der Waals surface area (Å²) in [7, 11) is 1.81. The molecule has 5 heteroatoms. The molecule has 0 unspecified atom stereocenters. The van der Waals surface area contributed by atoms with Crippen molar-refractivity contribution in [2.24, 2.45) is 4.99 Å². The van der Waals surface area contributed by atoms with Crippen LogP contribution in [0.2, 0.25) is 0 Å². The number of hydrogen-bond acceptors (Lipinski definition) is 3. The van der Waals surface area contributed by atoms with Crippen LogP contribution >= 0.6 is 0 Å². The molecular formula is C18H30N4O. The molecule has 1 aliphatic heterocycles. The van der Waals surface area contributed by atoms with Crippen molar-refractivity contribution in [1.29, 1.82) is 0 Å². The van der Waals surface area contributed by atoms with Crippen molar-refractivity contribution < 1.29 is 4.74 Å². The van der Waals surface area contributed by atoms with Gasteiger partial charge in [-0.3, -0.25) is 0 Å². The van der Waals surface area contributed by atoms with Gasteiger partial charge in [-0.2, -0.15) is 0 Å². The van der Waals surface area contributed by atoms with Crippen molar-refractivity contribution in [3.05, 3.63) is 35.9 Å². The summed E-state index contributed by atoms with van der Waals surface area (Å²) >= 11 is 0. The number of nitrogens with zero attached hydrogens (tertiary/aromatic N) is 2. The fourth-order valence-corrected chi connectivity index (χ4v) is 2.80. The maximum atomic E-state index is 5.42. The summed E-state index contributed by atoms with van der Waals surface area (Å²) in [6, 6.07) is 10.3. The fraction of sp³-hybridized carbons (Fsp3) is 0.611. The van der Waals surface area contributed by atoms with Crippen LogP contribution in [0.4, 0.5) is 0 Å². The van der Waals surface area contributed by atoms with Crippen molar-refractivity contribution >= 4 is 5.96 Å². The molecule has 0 amide bonds. The Kier molecular flexibility index (Phi) is 7.90. The van der Waals surface area contributed by atoms with Crippen LogP contribution in [0, 0.1) is 0 Å². The van der Waals surface area contributed by atoms with E-state index in [4.69, 9.17) is 4.74 Å². The molecule has 0 bridgehead atoms. The van der Waals surface area contributed by atoms with Gasteiger partial charge >= 0.3 is 0 Å². The first-order chi connectivity index (χ1) is 11.3. The van der Waals surface area contributed by atoms with Crippen LogP contribution in [0.5, 0.6) is 0 Å². The lowest BCUT2D eigenvalue weighted by atomic mass is 10.1. The fourth-order valence-electron chi connectivity index (χ4n) is 2.80. The lowest BCUT2D eigenvalue weighted by molar-refractivity contribution is 0.0417. The lowest BCUT2D eigenvalue weighted by Crippen LogP contribution is -2.44. The third kappa shape index (κ3) is 6.59. The quantitative estimate of drug-likeness (QED) is 0.595. The predicted octanol–water partition coefficient (Wildman–Crippen LogP) is 1.85. The molecule has 1 aromatic carbocycles. The predicted molar refractivity (Wildman–Crippen MR) is 95.7 cm³/mol. The summed E-state index contributed by atoms with van der Waals surface area (Å²) in [6.07, 6.45) is 2.72. The molecule has 1 heterocycles. The van der Waals surface area contributed by atoms with E-state index >= 15 is 0 Å². The van der Waals surface area contributed by atoms with Gasteiger partial charge in [-0.15, -0.1) is 0 Å². The topological polar surface area (TPSA) is 48.9 Å². The molecule has 0 aliphatic carbocycles. The number of rotatable bonds is 7. The van der Waals surface area contributed by atoms with Crippen molar-refractivity contribution in [1.82, 2.24) is 15.5 Å².